The summed E-state index contributed by atoms with van der Waals surface area (Å²) >= 11 is 0. The van der Waals surface area contributed by atoms with E-state index in [1.54, 1.807) is 7.11 Å². The van der Waals surface area contributed by atoms with Crippen molar-refractivity contribution in [2.45, 2.75) is 89.1 Å². The molecule has 3 saturated carbocycles. The average Bonchev–Trinajstić information content (AvgIpc) is 3.76. The highest BCUT2D eigenvalue weighted by atomic mass is 16.5. The Labute approximate surface area is 254 Å². The number of carboxylic acid groups (broad SMARTS) is 1. The fraction of sp³-hybridized carbons (Fsp3) is 0.514. The molecule has 1 heterocycles. The number of aryl methyl sites for hydroxylation is 1. The maximum absolute atomic E-state index is 14.2. The topological polar surface area (TPSA) is 96.7 Å². The molecule has 0 unspecified atom stereocenters. The van der Waals surface area contributed by atoms with E-state index in [0.717, 1.165) is 48.2 Å². The van der Waals surface area contributed by atoms with Gasteiger partial charge in [-0.15, -0.1) is 0 Å². The molecule has 0 radical (unpaired) electrons. The molecule has 3 fully saturated rings. The molecule has 8 heteroatoms. The van der Waals surface area contributed by atoms with Crippen molar-refractivity contribution in [2.24, 2.45) is 11.8 Å². The molecule has 0 atom stereocenters. The van der Waals surface area contributed by atoms with Crippen LogP contribution in [0.4, 0.5) is 10.5 Å². The van der Waals surface area contributed by atoms with Gasteiger partial charge in [0.15, 0.2) is 0 Å². The SMILES string of the molecule is COc1ccc(C2CCC(CN(C(=O)C3CCC(NC(=O)O)CC3)c3cccc(-c4cnn(C5CC5)c4)c3)CC2)cc1C. The summed E-state index contributed by atoms with van der Waals surface area (Å²) in [5.74, 6) is 1.99. The lowest BCUT2D eigenvalue weighted by atomic mass is 9.78. The number of methoxy groups -OCH3 is 1. The zero-order valence-corrected chi connectivity index (χ0v) is 25.4. The molecule has 8 nitrogen and oxygen atoms in total. The van der Waals surface area contributed by atoms with E-state index in [1.165, 1.54) is 24.0 Å². The largest absolute Gasteiger partial charge is 0.496 e. The average molecular weight is 585 g/mol. The Morgan fingerprint density at radius 2 is 1.74 bits per heavy atom. The van der Waals surface area contributed by atoms with Crippen molar-refractivity contribution in [1.82, 2.24) is 15.1 Å². The van der Waals surface area contributed by atoms with E-state index >= 15 is 0 Å². The summed E-state index contributed by atoms with van der Waals surface area (Å²) in [4.78, 5) is 27.4. The van der Waals surface area contributed by atoms with Crippen molar-refractivity contribution in [3.8, 4) is 16.9 Å². The van der Waals surface area contributed by atoms with Gasteiger partial charge in [-0.2, -0.15) is 5.10 Å². The first-order valence-electron chi connectivity index (χ1n) is 16.0. The molecule has 6 rings (SSSR count). The van der Waals surface area contributed by atoms with Gasteiger partial charge in [0, 0.05) is 36.0 Å². The fourth-order valence-corrected chi connectivity index (χ4v) is 7.17. The quantitative estimate of drug-likeness (QED) is 0.274. The summed E-state index contributed by atoms with van der Waals surface area (Å²) in [6, 6.07) is 15.4. The van der Waals surface area contributed by atoms with Crippen LogP contribution < -0.4 is 15.0 Å². The molecule has 43 heavy (non-hydrogen) atoms. The summed E-state index contributed by atoms with van der Waals surface area (Å²) in [5, 5.41) is 16.3. The molecule has 3 aliphatic rings. The van der Waals surface area contributed by atoms with E-state index < -0.39 is 6.09 Å². The highest BCUT2D eigenvalue weighted by molar-refractivity contribution is 5.95. The lowest BCUT2D eigenvalue weighted by molar-refractivity contribution is -0.123. The molecule has 3 aromatic rings. The second-order valence-electron chi connectivity index (χ2n) is 12.9. The van der Waals surface area contributed by atoms with Gasteiger partial charge in [0.05, 0.1) is 19.3 Å². The molecule has 3 aliphatic carbocycles. The minimum absolute atomic E-state index is 0.0711. The monoisotopic (exact) mass is 584 g/mol. The number of ether oxygens (including phenoxy) is 1. The minimum Gasteiger partial charge on any atom is -0.496 e. The molecule has 2 aromatic carbocycles. The Balaban J connectivity index is 1.18. The number of rotatable bonds is 9. The van der Waals surface area contributed by atoms with Gasteiger partial charge in [-0.1, -0.05) is 24.3 Å². The number of carbonyl (C=O) groups is 2. The Bertz CT molecular complexity index is 1430. The number of nitrogens with zero attached hydrogens (tertiary/aromatic N) is 3. The van der Waals surface area contributed by atoms with Crippen LogP contribution in [0.15, 0.2) is 54.9 Å². The van der Waals surface area contributed by atoms with Crippen LogP contribution in [0.1, 0.15) is 87.3 Å². The molecule has 1 aromatic heterocycles. The predicted molar refractivity (Wildman–Crippen MR) is 168 cm³/mol. The summed E-state index contributed by atoms with van der Waals surface area (Å²) in [5.41, 5.74) is 5.66. The van der Waals surface area contributed by atoms with Gasteiger partial charge < -0.3 is 20.1 Å². The van der Waals surface area contributed by atoms with Crippen LogP contribution in [-0.2, 0) is 4.79 Å². The third-order valence-electron chi connectivity index (χ3n) is 9.86. The van der Waals surface area contributed by atoms with Crippen molar-refractivity contribution in [1.29, 1.82) is 0 Å². The van der Waals surface area contributed by atoms with Crippen molar-refractivity contribution >= 4 is 17.7 Å². The van der Waals surface area contributed by atoms with Gasteiger partial charge in [0.25, 0.3) is 0 Å². The zero-order chi connectivity index (χ0) is 29.9. The minimum atomic E-state index is -0.987. The van der Waals surface area contributed by atoms with Gasteiger partial charge in [0.2, 0.25) is 5.91 Å². The van der Waals surface area contributed by atoms with Crippen LogP contribution in [0.3, 0.4) is 0 Å². The maximum Gasteiger partial charge on any atom is 0.404 e. The first-order valence-corrected chi connectivity index (χ1v) is 16.0. The van der Waals surface area contributed by atoms with Crippen LogP contribution >= 0.6 is 0 Å². The number of anilines is 1. The van der Waals surface area contributed by atoms with Crippen molar-refractivity contribution in [3.63, 3.8) is 0 Å². The molecule has 0 aliphatic heterocycles. The van der Waals surface area contributed by atoms with Gasteiger partial charge in [-0.3, -0.25) is 9.48 Å². The van der Waals surface area contributed by atoms with Crippen LogP contribution in [0.2, 0.25) is 0 Å². The van der Waals surface area contributed by atoms with Crippen LogP contribution in [0.5, 0.6) is 5.75 Å². The second-order valence-corrected chi connectivity index (χ2v) is 12.9. The number of hydrogen-bond donors (Lipinski definition) is 2. The molecule has 0 bridgehead atoms. The number of hydrogen-bond acceptors (Lipinski definition) is 4. The Morgan fingerprint density at radius 3 is 2.42 bits per heavy atom. The number of aromatic nitrogens is 2. The number of carbonyl (C=O) groups excluding carboxylic acids is 1. The highest BCUT2D eigenvalue weighted by Crippen LogP contribution is 2.39. The van der Waals surface area contributed by atoms with E-state index in [-0.39, 0.29) is 17.9 Å². The van der Waals surface area contributed by atoms with Gasteiger partial charge in [-0.05, 0) is 118 Å². The highest BCUT2D eigenvalue weighted by Gasteiger charge is 2.33. The standard InChI is InChI=1S/C35H44N4O4/c1-23-18-28(12-17-33(23)43-2)25-8-6-24(7-9-25)21-38(34(40)26-10-13-30(14-11-26)37-35(41)42)32-5-3-4-27(19-32)29-20-36-39(22-29)31-15-16-31/h3-5,12,17-20,22,24-26,30-31,37H,6-11,13-16,21H2,1-2H3,(H,41,42). The van der Waals surface area contributed by atoms with Crippen LogP contribution in [-0.4, -0.2) is 46.6 Å². The number of benzene rings is 2. The molecule has 2 N–H and O–H groups in total. The van der Waals surface area contributed by atoms with Gasteiger partial charge in [-0.25, -0.2) is 4.79 Å². The molecular formula is C35H44N4O4. The zero-order valence-electron chi connectivity index (χ0n) is 25.4. The maximum atomic E-state index is 14.2. The van der Waals surface area contributed by atoms with Gasteiger partial charge >= 0.3 is 6.09 Å². The van der Waals surface area contributed by atoms with E-state index in [2.05, 4.69) is 70.7 Å². The number of nitrogens with one attached hydrogen (secondary N) is 1. The van der Waals surface area contributed by atoms with E-state index in [9.17, 15) is 9.59 Å². The second kappa shape index (κ2) is 12.8. The Kier molecular flexibility index (Phi) is 8.73. The lowest BCUT2D eigenvalue weighted by Gasteiger charge is -2.36. The Morgan fingerprint density at radius 1 is 0.977 bits per heavy atom. The summed E-state index contributed by atoms with van der Waals surface area (Å²) in [7, 11) is 1.72. The van der Waals surface area contributed by atoms with Crippen LogP contribution in [0.25, 0.3) is 11.1 Å². The van der Waals surface area contributed by atoms with E-state index in [1.807, 2.05) is 11.1 Å². The van der Waals surface area contributed by atoms with Crippen molar-refractivity contribution < 1.29 is 19.4 Å². The first kappa shape index (κ1) is 29.3. The van der Waals surface area contributed by atoms with Gasteiger partial charge in [0.1, 0.15) is 5.75 Å². The van der Waals surface area contributed by atoms with Crippen LogP contribution in [0, 0.1) is 18.8 Å². The van der Waals surface area contributed by atoms with E-state index in [0.29, 0.717) is 50.1 Å². The summed E-state index contributed by atoms with van der Waals surface area (Å²) in [6.07, 6.45) is 12.7. The predicted octanol–water partition coefficient (Wildman–Crippen LogP) is 7.34. The molecular weight excluding hydrogens is 540 g/mol. The molecule has 2 amide bonds. The third-order valence-corrected chi connectivity index (χ3v) is 9.86. The fourth-order valence-electron chi connectivity index (χ4n) is 7.17. The third kappa shape index (κ3) is 6.89. The van der Waals surface area contributed by atoms with E-state index in [4.69, 9.17) is 9.84 Å². The number of amides is 2. The first-order chi connectivity index (χ1) is 20.9. The Hall–Kier alpha value is -3.81. The summed E-state index contributed by atoms with van der Waals surface area (Å²) < 4.78 is 7.53. The van der Waals surface area contributed by atoms with Crippen molar-refractivity contribution in [2.75, 3.05) is 18.6 Å². The smallest absolute Gasteiger partial charge is 0.404 e. The van der Waals surface area contributed by atoms with Crippen molar-refractivity contribution in [3.05, 3.63) is 66.0 Å². The molecule has 0 saturated heterocycles. The normalized spacial score (nSPS) is 23.9. The molecule has 0 spiro atoms. The lowest BCUT2D eigenvalue weighted by Crippen LogP contribution is -2.44. The summed E-state index contributed by atoms with van der Waals surface area (Å²) in [6.45, 7) is 2.82. The molecule has 228 valence electrons.